The molecule has 138 valence electrons. The molecule has 0 aromatic rings. The number of carbonyl (C=O) groups excluding carboxylic acids is 1. The molecule has 0 spiro atoms. The quantitative estimate of drug-likeness (QED) is 0.562. The average Bonchev–Trinajstić information content (AvgIpc) is 2.23. The Morgan fingerprint density at radius 1 is 1.04 bits per heavy atom. The zero-order valence-electron chi connectivity index (χ0n) is 12.7. The van der Waals surface area contributed by atoms with Gasteiger partial charge in [-0.05, 0) is 20.8 Å². The van der Waals surface area contributed by atoms with Gasteiger partial charge in [-0.3, -0.25) is 9.69 Å². The molecule has 0 aliphatic carbocycles. The van der Waals surface area contributed by atoms with Gasteiger partial charge in [-0.1, -0.05) is 0 Å². The Morgan fingerprint density at radius 2 is 1.52 bits per heavy atom. The lowest BCUT2D eigenvalue weighted by molar-refractivity contribution is -0.356. The van der Waals surface area contributed by atoms with Gasteiger partial charge < -0.3 is 9.84 Å². The standard InChI is InChI=1S/C12H18F7NO3/c1-9(2,3)23-8(22)6-20(4-5-21)7-10(13,14)11(15,16)12(17,18)19/h21H,4-7H2,1-3H3. The Bertz CT molecular complexity index is 404. The molecule has 0 atom stereocenters. The van der Waals surface area contributed by atoms with Crippen molar-refractivity contribution in [2.45, 2.75) is 44.4 Å². The van der Waals surface area contributed by atoms with Crippen LogP contribution in [0.3, 0.4) is 0 Å². The maximum Gasteiger partial charge on any atom is 0.459 e. The molecule has 0 aromatic carbocycles. The van der Waals surface area contributed by atoms with Crippen molar-refractivity contribution in [2.75, 3.05) is 26.2 Å². The van der Waals surface area contributed by atoms with Crippen LogP contribution >= 0.6 is 0 Å². The monoisotopic (exact) mass is 357 g/mol. The lowest BCUT2D eigenvalue weighted by atomic mass is 10.1. The first-order chi connectivity index (χ1) is 10.0. The van der Waals surface area contributed by atoms with E-state index in [0.717, 1.165) is 0 Å². The normalized spacial score (nSPS) is 14.3. The smallest absolute Gasteiger partial charge is 0.459 e. The predicted molar refractivity (Wildman–Crippen MR) is 65.3 cm³/mol. The molecule has 23 heavy (non-hydrogen) atoms. The lowest BCUT2D eigenvalue weighted by Gasteiger charge is -2.32. The number of alkyl halides is 7. The van der Waals surface area contributed by atoms with Crippen LogP contribution in [0.15, 0.2) is 0 Å². The van der Waals surface area contributed by atoms with E-state index in [9.17, 15) is 35.5 Å². The Morgan fingerprint density at radius 3 is 1.87 bits per heavy atom. The summed E-state index contributed by atoms with van der Waals surface area (Å²) in [6.45, 7) is -0.213. The van der Waals surface area contributed by atoms with Crippen molar-refractivity contribution in [2.24, 2.45) is 0 Å². The number of hydrogen-bond donors (Lipinski definition) is 1. The van der Waals surface area contributed by atoms with Crippen molar-refractivity contribution in [1.82, 2.24) is 4.90 Å². The van der Waals surface area contributed by atoms with E-state index >= 15 is 0 Å². The molecule has 0 aromatic heterocycles. The highest BCUT2D eigenvalue weighted by atomic mass is 19.4. The summed E-state index contributed by atoms with van der Waals surface area (Å²) in [4.78, 5) is 11.7. The number of rotatable bonds is 7. The van der Waals surface area contributed by atoms with Gasteiger partial charge in [0.25, 0.3) is 0 Å². The van der Waals surface area contributed by atoms with Crippen molar-refractivity contribution in [3.63, 3.8) is 0 Å². The minimum Gasteiger partial charge on any atom is -0.459 e. The number of esters is 1. The number of carbonyl (C=O) groups is 1. The first-order valence-electron chi connectivity index (χ1n) is 6.41. The van der Waals surface area contributed by atoms with E-state index in [4.69, 9.17) is 9.84 Å². The topological polar surface area (TPSA) is 49.8 Å². The van der Waals surface area contributed by atoms with Crippen LogP contribution in [-0.4, -0.2) is 65.8 Å². The fourth-order valence-electron chi connectivity index (χ4n) is 1.50. The van der Waals surface area contributed by atoms with E-state index in [2.05, 4.69) is 0 Å². The molecule has 0 aliphatic heterocycles. The Labute approximate surface area is 128 Å². The second-order valence-electron chi connectivity index (χ2n) is 5.80. The number of aliphatic hydroxyl groups excluding tert-OH is 1. The van der Waals surface area contributed by atoms with Gasteiger partial charge in [-0.25, -0.2) is 0 Å². The minimum absolute atomic E-state index is 0.272. The molecule has 1 N–H and O–H groups in total. The predicted octanol–water partition coefficient (Wildman–Crippen LogP) is 2.46. The maximum absolute atomic E-state index is 13.3. The first kappa shape index (κ1) is 21.9. The van der Waals surface area contributed by atoms with Crippen molar-refractivity contribution in [3.8, 4) is 0 Å². The van der Waals surface area contributed by atoms with Gasteiger partial charge in [0.15, 0.2) is 0 Å². The molecular formula is C12H18F7NO3. The molecule has 0 unspecified atom stereocenters. The van der Waals surface area contributed by atoms with E-state index in [1.54, 1.807) is 0 Å². The Kier molecular flexibility index (Phi) is 6.86. The zero-order valence-corrected chi connectivity index (χ0v) is 12.7. The Hall–Kier alpha value is -1.10. The molecule has 11 heteroatoms. The third kappa shape index (κ3) is 6.50. The van der Waals surface area contributed by atoms with Gasteiger partial charge in [-0.15, -0.1) is 0 Å². The summed E-state index contributed by atoms with van der Waals surface area (Å²) in [5.41, 5.74) is -1.000. The van der Waals surface area contributed by atoms with Crippen LogP contribution in [0.2, 0.25) is 0 Å². The van der Waals surface area contributed by atoms with E-state index in [-0.39, 0.29) is 4.90 Å². The van der Waals surface area contributed by atoms with Crippen molar-refractivity contribution >= 4 is 5.97 Å². The number of aliphatic hydroxyl groups is 1. The van der Waals surface area contributed by atoms with Crippen LogP contribution in [0, 0.1) is 0 Å². The number of hydrogen-bond acceptors (Lipinski definition) is 4. The summed E-state index contributed by atoms with van der Waals surface area (Å²) in [7, 11) is 0. The Balaban J connectivity index is 5.10. The van der Waals surface area contributed by atoms with Crippen LogP contribution in [0.25, 0.3) is 0 Å². The molecule has 0 fully saturated rings. The molecule has 0 heterocycles. The van der Waals surface area contributed by atoms with Crippen LogP contribution in [0.1, 0.15) is 20.8 Å². The molecule has 0 amide bonds. The van der Waals surface area contributed by atoms with E-state index in [0.29, 0.717) is 0 Å². The second-order valence-corrected chi connectivity index (χ2v) is 5.80. The SMILES string of the molecule is CC(C)(C)OC(=O)CN(CCO)CC(F)(F)C(F)(F)C(F)(F)F. The van der Waals surface area contributed by atoms with Gasteiger partial charge in [-0.2, -0.15) is 30.7 Å². The van der Waals surface area contributed by atoms with Gasteiger partial charge >= 0.3 is 24.0 Å². The van der Waals surface area contributed by atoms with E-state index in [1.807, 2.05) is 0 Å². The van der Waals surface area contributed by atoms with Gasteiger partial charge in [0.1, 0.15) is 5.60 Å². The summed E-state index contributed by atoms with van der Waals surface area (Å²) < 4.78 is 93.2. The fourth-order valence-corrected chi connectivity index (χ4v) is 1.50. The molecular weight excluding hydrogens is 339 g/mol. The summed E-state index contributed by atoms with van der Waals surface area (Å²) in [6, 6.07) is 0. The highest BCUT2D eigenvalue weighted by molar-refractivity contribution is 5.72. The minimum atomic E-state index is -6.45. The highest BCUT2D eigenvalue weighted by Crippen LogP contribution is 2.46. The fraction of sp³-hybridized carbons (Fsp3) is 0.917. The zero-order chi connectivity index (χ0) is 18.7. The second kappa shape index (κ2) is 7.20. The summed E-state index contributed by atoms with van der Waals surface area (Å²) >= 11 is 0. The number of halogens is 7. The summed E-state index contributed by atoms with van der Waals surface area (Å²) in [6.07, 6.45) is -6.45. The lowest BCUT2D eigenvalue weighted by Crippen LogP contribution is -2.57. The van der Waals surface area contributed by atoms with Crippen LogP contribution in [0.5, 0.6) is 0 Å². The van der Waals surface area contributed by atoms with Crippen molar-refractivity contribution < 1.29 is 45.4 Å². The third-order valence-corrected chi connectivity index (χ3v) is 2.43. The van der Waals surface area contributed by atoms with Crippen LogP contribution in [-0.2, 0) is 9.53 Å². The summed E-state index contributed by atoms with van der Waals surface area (Å²) in [5, 5.41) is 8.69. The molecule has 0 aliphatic rings. The van der Waals surface area contributed by atoms with Crippen LogP contribution < -0.4 is 0 Å². The summed E-state index contributed by atoms with van der Waals surface area (Å²) in [5.74, 6) is -12.9. The molecule has 0 radical (unpaired) electrons. The van der Waals surface area contributed by atoms with Gasteiger partial charge in [0.05, 0.1) is 19.7 Å². The van der Waals surface area contributed by atoms with E-state index in [1.165, 1.54) is 20.8 Å². The van der Waals surface area contributed by atoms with Crippen molar-refractivity contribution in [3.05, 3.63) is 0 Å². The van der Waals surface area contributed by atoms with Crippen LogP contribution in [0.4, 0.5) is 30.7 Å². The molecule has 0 rings (SSSR count). The molecule has 4 nitrogen and oxygen atoms in total. The van der Waals surface area contributed by atoms with Gasteiger partial charge in [0.2, 0.25) is 0 Å². The van der Waals surface area contributed by atoms with Crippen molar-refractivity contribution in [1.29, 1.82) is 0 Å². The number of nitrogens with zero attached hydrogens (tertiary/aromatic N) is 1. The number of ether oxygens (including phenoxy) is 1. The first-order valence-corrected chi connectivity index (χ1v) is 6.41. The molecule has 0 bridgehead atoms. The molecule has 0 saturated heterocycles. The molecule has 0 saturated carbocycles. The maximum atomic E-state index is 13.3. The highest BCUT2D eigenvalue weighted by Gasteiger charge is 2.73. The van der Waals surface area contributed by atoms with E-state index < -0.39 is 55.8 Å². The average molecular weight is 357 g/mol. The third-order valence-electron chi connectivity index (χ3n) is 2.43. The largest absolute Gasteiger partial charge is 0.459 e. The van der Waals surface area contributed by atoms with Gasteiger partial charge in [0, 0.05) is 6.54 Å².